The smallest absolute Gasteiger partial charge is 0.380 e. The van der Waals surface area contributed by atoms with E-state index >= 15 is 0 Å². The molecule has 0 spiro atoms. The molecule has 0 unspecified atom stereocenters. The highest BCUT2D eigenvalue weighted by atomic mass is 32.1. The van der Waals surface area contributed by atoms with E-state index < -0.39 is 0 Å². The highest BCUT2D eigenvalue weighted by Gasteiger charge is 1.28. The van der Waals surface area contributed by atoms with Gasteiger partial charge in [0.25, 0.3) is 0 Å². The molecule has 0 atom stereocenters. The Bertz CT molecular complexity index is 44.0. The third-order valence-corrected chi connectivity index (χ3v) is 0.102. The zero-order valence-electron chi connectivity index (χ0n) is 1.72. The molecule has 1 N–H and O–H groups in total. The van der Waals surface area contributed by atoms with E-state index in [1.54, 1.807) is 0 Å². The zero-order chi connectivity index (χ0) is 3.41. The van der Waals surface area contributed by atoms with Crippen LogP contribution in [0, 0.1) is 5.21 Å². The van der Waals surface area contributed by atoms with Gasteiger partial charge in [0.2, 0.25) is 0 Å². The van der Waals surface area contributed by atoms with Crippen LogP contribution < -0.4 is 4.53 Å². The van der Waals surface area contributed by atoms with Crippen molar-refractivity contribution in [2.24, 2.45) is 0 Å². The van der Waals surface area contributed by atoms with Crippen LogP contribution in [0.5, 0.6) is 0 Å². The molecule has 0 radical (unpaired) electrons. The molecule has 3 nitrogen and oxygen atoms in total. The largest absolute Gasteiger partial charge is 0.540 e. The van der Waals surface area contributed by atoms with Crippen molar-refractivity contribution in [1.82, 2.24) is 0 Å². The second-order valence-corrected chi connectivity index (χ2v) is 0.500. The lowest BCUT2D eigenvalue weighted by Gasteiger charge is -1.52. The van der Waals surface area contributed by atoms with E-state index in [1.165, 1.54) is 0 Å². The fraction of sp³-hybridized carbons (Fsp3) is 0. The second-order valence-electron chi connectivity index (χ2n) is 0.167. The summed E-state index contributed by atoms with van der Waals surface area (Å²) in [5.74, 6) is 0. The van der Waals surface area contributed by atoms with Crippen molar-refractivity contribution < 1.29 is 8.73 Å². The van der Waals surface area contributed by atoms with Crippen LogP contribution in [0.15, 0.2) is 0 Å². The molecule has 0 fully saturated rings. The summed E-state index contributed by atoms with van der Waals surface area (Å²) in [5, 5.41) is 8.70. The molecule has 0 amide bonds. The quantitative estimate of drug-likeness (QED) is 0.340. The van der Waals surface area contributed by atoms with Gasteiger partial charge in [-0.1, -0.05) is 0 Å². The molecule has 4 heteroatoms. The van der Waals surface area contributed by atoms with Crippen molar-refractivity contribution in [3.63, 3.8) is 0 Å². The van der Waals surface area contributed by atoms with Gasteiger partial charge >= 0.3 is 11.5 Å². The normalized spacial score (nSPS) is 5.25. The fourth-order valence-corrected chi connectivity index (χ4v) is 0. The fourth-order valence-electron chi connectivity index (χ4n) is 0. The van der Waals surface area contributed by atoms with Crippen LogP contribution in [-0.4, -0.2) is 4.21 Å². The van der Waals surface area contributed by atoms with E-state index in [4.69, 9.17) is 9.42 Å². The maximum absolute atomic E-state index is 8.79. The molecule has 0 aromatic carbocycles. The topological polar surface area (TPSA) is 54.1 Å². The van der Waals surface area contributed by atoms with Crippen molar-refractivity contribution in [2.75, 3.05) is 0 Å². The number of hydrogen-bond donors (Lipinski definition) is 1. The van der Waals surface area contributed by atoms with Crippen molar-refractivity contribution in [1.29, 1.82) is 0 Å². The first-order valence-corrected chi connectivity index (χ1v) is 1.32. The Balaban J connectivity index is 3.11. The number of nitrogens with one attached hydrogen (secondary N) is 1. The molecular formula is HNO2S. The number of rotatable bonds is 0. The summed E-state index contributed by atoms with van der Waals surface area (Å²) in [5.41, 5.74) is 0. The molecule has 0 aliphatic carbocycles. The SMILES string of the molecule is O=S=[NH+][O-]. The lowest BCUT2D eigenvalue weighted by molar-refractivity contribution is -0.339. The van der Waals surface area contributed by atoms with Gasteiger partial charge in [-0.3, -0.25) is 0 Å². The van der Waals surface area contributed by atoms with Crippen molar-refractivity contribution in [2.45, 2.75) is 0 Å². The van der Waals surface area contributed by atoms with Crippen LogP contribution in [0.3, 0.4) is 0 Å². The van der Waals surface area contributed by atoms with Gasteiger partial charge in [-0.25, -0.2) is 0 Å². The maximum Gasteiger partial charge on any atom is 0.380 e. The van der Waals surface area contributed by atoms with Gasteiger partial charge in [-0.2, -0.15) is 4.53 Å². The molecular weight excluding hydrogens is 78.1 g/mol. The Labute approximate surface area is 26.5 Å². The van der Waals surface area contributed by atoms with Gasteiger partial charge in [0.05, 0.1) is 0 Å². The first-order chi connectivity index (χ1) is 1.91. The van der Waals surface area contributed by atoms with Crippen LogP contribution in [0.4, 0.5) is 0 Å². The van der Waals surface area contributed by atoms with E-state index in [-0.39, 0.29) is 11.5 Å². The van der Waals surface area contributed by atoms with E-state index in [2.05, 4.69) is 0 Å². The summed E-state index contributed by atoms with van der Waals surface area (Å²) < 4.78 is 9.83. The lowest BCUT2D eigenvalue weighted by atomic mass is 13.6. The minimum Gasteiger partial charge on any atom is -0.540 e. The predicted octanol–water partition coefficient (Wildman–Crippen LogP) is -2.04. The molecule has 0 saturated carbocycles. The Morgan fingerprint density at radius 2 is 2.25 bits per heavy atom. The average Bonchev–Trinajstić information content (AvgIpc) is 1.37. The highest BCUT2D eigenvalue weighted by molar-refractivity contribution is 7.51. The Morgan fingerprint density at radius 3 is 2.25 bits per heavy atom. The Hall–Kier alpha value is -0.220. The van der Waals surface area contributed by atoms with E-state index in [0.29, 0.717) is 0 Å². The molecule has 0 rings (SSSR count). The molecule has 0 aliphatic rings. The minimum atomic E-state index is -0.199. The molecule has 0 saturated heterocycles. The van der Waals surface area contributed by atoms with Crippen molar-refractivity contribution in [3.8, 4) is 0 Å². The summed E-state index contributed by atoms with van der Waals surface area (Å²) in [4.78, 5) is 0. The first kappa shape index (κ1) is 3.78. The molecule has 4 heavy (non-hydrogen) atoms. The third-order valence-electron chi connectivity index (χ3n) is 0.0340. The van der Waals surface area contributed by atoms with Gasteiger partial charge in [0, 0.05) is 0 Å². The van der Waals surface area contributed by atoms with Gasteiger partial charge in [0.15, 0.2) is 0 Å². The average molecular weight is 79.1 g/mol. The van der Waals surface area contributed by atoms with Crippen molar-refractivity contribution >= 4 is 11.5 Å². The first-order valence-electron chi connectivity index (χ1n) is 0.575. The third kappa shape index (κ3) is 1.78. The van der Waals surface area contributed by atoms with Crippen LogP contribution in [0.25, 0.3) is 0 Å². The molecule has 0 bridgehead atoms. The van der Waals surface area contributed by atoms with Crippen LogP contribution in [-0.2, 0) is 11.5 Å². The van der Waals surface area contributed by atoms with Gasteiger partial charge in [-0.15, -0.1) is 4.21 Å². The number of hydrogen-bond acceptors (Lipinski definition) is 2. The Morgan fingerprint density at radius 1 is 2.00 bits per heavy atom. The highest BCUT2D eigenvalue weighted by Crippen LogP contribution is 0.794. The van der Waals surface area contributed by atoms with Crippen LogP contribution in [0.1, 0.15) is 0 Å². The Kier molecular flexibility index (Phi) is 2.63. The van der Waals surface area contributed by atoms with Gasteiger partial charge < -0.3 is 5.21 Å². The van der Waals surface area contributed by atoms with E-state index in [9.17, 15) is 0 Å². The molecule has 24 valence electrons. The van der Waals surface area contributed by atoms with Crippen LogP contribution in [0.2, 0.25) is 0 Å². The molecule has 0 heterocycles. The van der Waals surface area contributed by atoms with Gasteiger partial charge in [0.1, 0.15) is 0 Å². The summed E-state index contributed by atoms with van der Waals surface area (Å²) in [6.45, 7) is 0. The lowest BCUT2D eigenvalue weighted by Crippen LogP contribution is -2.55. The standard InChI is InChI=1S/HNO2S/c2-1-4-3/h1H. The summed E-state index contributed by atoms with van der Waals surface area (Å²) in [6.07, 6.45) is 0. The minimum absolute atomic E-state index is 0.199. The van der Waals surface area contributed by atoms with Crippen LogP contribution >= 0.6 is 0 Å². The monoisotopic (exact) mass is 79.0 g/mol. The molecule has 0 aliphatic heterocycles. The zero-order valence-corrected chi connectivity index (χ0v) is 2.54. The van der Waals surface area contributed by atoms with Gasteiger partial charge in [-0.05, 0) is 0 Å². The van der Waals surface area contributed by atoms with Crippen molar-refractivity contribution in [3.05, 3.63) is 5.21 Å². The predicted molar refractivity (Wildman–Crippen MR) is 12.5 cm³/mol. The summed E-state index contributed by atoms with van der Waals surface area (Å²) in [7, 11) is 0. The molecule has 0 aromatic rings. The van der Waals surface area contributed by atoms with E-state index in [1.807, 2.05) is 0 Å². The molecule has 0 aromatic heterocycles. The second kappa shape index (κ2) is 2.78. The summed E-state index contributed by atoms with van der Waals surface area (Å²) >= 11 is -0.199. The summed E-state index contributed by atoms with van der Waals surface area (Å²) in [6, 6.07) is 0. The maximum atomic E-state index is 8.79. The van der Waals surface area contributed by atoms with E-state index in [0.717, 1.165) is 4.53 Å².